The van der Waals surface area contributed by atoms with Gasteiger partial charge in [-0.2, -0.15) is 5.10 Å². The van der Waals surface area contributed by atoms with E-state index in [4.69, 9.17) is 5.73 Å². The topological polar surface area (TPSA) is 67.5 Å². The number of allylic oxidation sites excluding steroid dienone is 2. The van der Waals surface area contributed by atoms with Gasteiger partial charge in [0.1, 0.15) is 0 Å². The van der Waals surface area contributed by atoms with Gasteiger partial charge in [-0.1, -0.05) is 32.4 Å². The van der Waals surface area contributed by atoms with Crippen LogP contribution in [0.4, 0.5) is 4.79 Å². The molecule has 0 saturated carbocycles. The fourth-order valence-electron chi connectivity index (χ4n) is 2.54. The third-order valence-corrected chi connectivity index (χ3v) is 3.85. The maximum Gasteiger partial charge on any atom is 0.332 e. The highest BCUT2D eigenvalue weighted by molar-refractivity contribution is 5.90. The fraction of sp³-hybridized carbons (Fsp3) is 0.714. The molecular formula is C14H25N3O. The molecule has 0 bridgehead atoms. The van der Waals surface area contributed by atoms with Gasteiger partial charge in [0.15, 0.2) is 0 Å². The lowest BCUT2D eigenvalue weighted by molar-refractivity contribution is 0.249. The van der Waals surface area contributed by atoms with E-state index in [1.807, 2.05) is 0 Å². The number of hydrazone groups is 1. The molecule has 0 aromatic heterocycles. The lowest BCUT2D eigenvalue weighted by atomic mass is 9.74. The molecule has 3 N–H and O–H groups in total. The van der Waals surface area contributed by atoms with E-state index in [9.17, 15) is 4.79 Å². The van der Waals surface area contributed by atoms with Crippen molar-refractivity contribution in [2.45, 2.75) is 47.0 Å². The largest absolute Gasteiger partial charge is 0.350 e. The summed E-state index contributed by atoms with van der Waals surface area (Å²) in [7, 11) is 0. The van der Waals surface area contributed by atoms with Crippen LogP contribution in [0.25, 0.3) is 0 Å². The number of urea groups is 1. The smallest absolute Gasteiger partial charge is 0.332 e. The Labute approximate surface area is 110 Å². The molecule has 18 heavy (non-hydrogen) atoms. The molecule has 0 fully saturated rings. The van der Waals surface area contributed by atoms with Crippen LogP contribution >= 0.6 is 0 Å². The van der Waals surface area contributed by atoms with E-state index in [0.717, 1.165) is 25.0 Å². The van der Waals surface area contributed by atoms with Crippen molar-refractivity contribution in [3.63, 3.8) is 0 Å². The first-order chi connectivity index (χ1) is 8.45. The van der Waals surface area contributed by atoms with Crippen LogP contribution in [0.3, 0.4) is 0 Å². The zero-order chi connectivity index (χ0) is 13.7. The number of hydrogen-bond donors (Lipinski definition) is 2. The molecule has 102 valence electrons. The van der Waals surface area contributed by atoms with Crippen LogP contribution in [-0.4, -0.2) is 11.7 Å². The molecule has 1 aliphatic rings. The number of carbonyl (C=O) groups is 1. The molecule has 0 spiro atoms. The number of primary amides is 1. The molecule has 4 heteroatoms. The highest BCUT2D eigenvalue weighted by Gasteiger charge is 2.27. The summed E-state index contributed by atoms with van der Waals surface area (Å²) in [6.45, 7) is 8.74. The lowest BCUT2D eigenvalue weighted by Gasteiger charge is -2.31. The molecule has 0 radical (unpaired) electrons. The summed E-state index contributed by atoms with van der Waals surface area (Å²) < 4.78 is 0. The number of nitrogens with zero attached hydrogens (tertiary/aromatic N) is 1. The Morgan fingerprint density at radius 2 is 2.28 bits per heavy atom. The summed E-state index contributed by atoms with van der Waals surface area (Å²) in [5.74, 6) is 1.73. The zero-order valence-corrected chi connectivity index (χ0v) is 11.9. The van der Waals surface area contributed by atoms with Crippen molar-refractivity contribution in [1.82, 2.24) is 5.43 Å². The first-order valence-corrected chi connectivity index (χ1v) is 6.74. The maximum absolute atomic E-state index is 10.7. The Morgan fingerprint density at radius 3 is 2.78 bits per heavy atom. The highest BCUT2D eigenvalue weighted by Crippen LogP contribution is 2.34. The van der Waals surface area contributed by atoms with Gasteiger partial charge in [0, 0.05) is 11.6 Å². The molecule has 2 amide bonds. The molecule has 1 rings (SSSR count). The van der Waals surface area contributed by atoms with Crippen molar-refractivity contribution in [1.29, 1.82) is 0 Å². The third-order valence-electron chi connectivity index (χ3n) is 3.85. The minimum Gasteiger partial charge on any atom is -0.350 e. The fourth-order valence-corrected chi connectivity index (χ4v) is 2.54. The number of carbonyl (C=O) groups excluding carboxylic acids is 1. The molecule has 2 atom stereocenters. The average molecular weight is 251 g/mol. The summed E-state index contributed by atoms with van der Waals surface area (Å²) in [4.78, 5) is 10.7. The van der Waals surface area contributed by atoms with Gasteiger partial charge in [-0.05, 0) is 38.0 Å². The number of hydrogen-bond acceptors (Lipinski definition) is 2. The molecule has 0 aromatic carbocycles. The van der Waals surface area contributed by atoms with Gasteiger partial charge in [-0.15, -0.1) is 0 Å². The van der Waals surface area contributed by atoms with Crippen LogP contribution in [0.2, 0.25) is 0 Å². The number of nitrogens with two attached hydrogens (primary N) is 1. The Bertz CT molecular complexity index is 358. The van der Waals surface area contributed by atoms with Gasteiger partial charge in [0.05, 0.1) is 0 Å². The summed E-state index contributed by atoms with van der Waals surface area (Å²) in [5.41, 5.74) is 9.80. The maximum atomic E-state index is 10.7. The van der Waals surface area contributed by atoms with E-state index in [1.54, 1.807) is 0 Å². The van der Waals surface area contributed by atoms with E-state index in [-0.39, 0.29) is 0 Å². The predicted octanol–water partition coefficient (Wildman–Crippen LogP) is 3.05. The minimum absolute atomic E-state index is 0.350. The van der Waals surface area contributed by atoms with E-state index in [0.29, 0.717) is 17.8 Å². The first kappa shape index (κ1) is 14.7. The molecule has 0 unspecified atom stereocenters. The quantitative estimate of drug-likeness (QED) is 0.450. The Kier molecular flexibility index (Phi) is 5.38. The predicted molar refractivity (Wildman–Crippen MR) is 75.3 cm³/mol. The second kappa shape index (κ2) is 6.57. The molecule has 0 aromatic rings. The molecule has 4 nitrogen and oxygen atoms in total. The van der Waals surface area contributed by atoms with E-state index in [2.05, 4.69) is 44.3 Å². The molecule has 1 aliphatic carbocycles. The SMILES string of the molecule is CC/C(=N/NC(N)=O)[C@H]1C[C@@H](C(C)C)CC=C1C. The van der Waals surface area contributed by atoms with Crippen LogP contribution in [0.15, 0.2) is 16.8 Å². The van der Waals surface area contributed by atoms with Crippen molar-refractivity contribution in [2.24, 2.45) is 28.6 Å². The second-order valence-electron chi connectivity index (χ2n) is 5.41. The molecular weight excluding hydrogens is 226 g/mol. The Balaban J connectivity index is 2.84. The molecule has 0 aliphatic heterocycles. The third kappa shape index (κ3) is 3.86. The summed E-state index contributed by atoms with van der Waals surface area (Å²) in [6.07, 6.45) is 5.42. The van der Waals surface area contributed by atoms with E-state index < -0.39 is 6.03 Å². The lowest BCUT2D eigenvalue weighted by Crippen LogP contribution is -2.30. The minimum atomic E-state index is -0.598. The van der Waals surface area contributed by atoms with Gasteiger partial charge in [0.2, 0.25) is 0 Å². The van der Waals surface area contributed by atoms with Crippen LogP contribution in [0.1, 0.15) is 47.0 Å². The number of nitrogens with one attached hydrogen (secondary N) is 1. The van der Waals surface area contributed by atoms with Crippen LogP contribution < -0.4 is 11.2 Å². The second-order valence-corrected chi connectivity index (χ2v) is 5.41. The van der Waals surface area contributed by atoms with Crippen molar-refractivity contribution >= 4 is 11.7 Å². The Hall–Kier alpha value is -1.32. The van der Waals surface area contributed by atoms with Gasteiger partial charge in [0.25, 0.3) is 0 Å². The first-order valence-electron chi connectivity index (χ1n) is 6.74. The van der Waals surface area contributed by atoms with Crippen LogP contribution in [0.5, 0.6) is 0 Å². The number of amides is 2. The van der Waals surface area contributed by atoms with Gasteiger partial charge >= 0.3 is 6.03 Å². The normalized spacial score (nSPS) is 24.9. The molecule has 0 saturated heterocycles. The van der Waals surface area contributed by atoms with Gasteiger partial charge in [-0.3, -0.25) is 0 Å². The van der Waals surface area contributed by atoms with Crippen molar-refractivity contribution < 1.29 is 4.79 Å². The summed E-state index contributed by atoms with van der Waals surface area (Å²) in [5, 5.41) is 4.16. The standard InChI is InChI=1S/C14H25N3O/c1-5-13(16-17-14(15)18)12-8-11(9(2)3)7-6-10(12)4/h6,9,11-12H,5,7-8H2,1-4H3,(H3,15,17,18)/b16-13-/t11-,12-/m0/s1. The zero-order valence-electron chi connectivity index (χ0n) is 11.9. The summed E-state index contributed by atoms with van der Waals surface area (Å²) >= 11 is 0. The van der Waals surface area contributed by atoms with E-state index >= 15 is 0 Å². The van der Waals surface area contributed by atoms with Gasteiger partial charge in [-0.25, -0.2) is 10.2 Å². The highest BCUT2D eigenvalue weighted by atomic mass is 16.2. The monoisotopic (exact) mass is 251 g/mol. The van der Waals surface area contributed by atoms with Gasteiger partial charge < -0.3 is 5.73 Å². The van der Waals surface area contributed by atoms with Crippen molar-refractivity contribution in [3.05, 3.63) is 11.6 Å². The number of rotatable bonds is 4. The Morgan fingerprint density at radius 1 is 1.61 bits per heavy atom. The van der Waals surface area contributed by atoms with Crippen molar-refractivity contribution in [2.75, 3.05) is 0 Å². The van der Waals surface area contributed by atoms with Crippen molar-refractivity contribution in [3.8, 4) is 0 Å². The molecule has 0 heterocycles. The summed E-state index contributed by atoms with van der Waals surface area (Å²) in [6, 6.07) is -0.598. The van der Waals surface area contributed by atoms with Crippen LogP contribution in [-0.2, 0) is 0 Å². The van der Waals surface area contributed by atoms with E-state index in [1.165, 1.54) is 5.57 Å². The average Bonchev–Trinajstić information content (AvgIpc) is 2.31. The van der Waals surface area contributed by atoms with Crippen LogP contribution in [0, 0.1) is 17.8 Å².